The first-order valence-electron chi connectivity index (χ1n) is 6.82. The molecule has 0 bridgehead atoms. The van der Waals surface area contributed by atoms with Crippen molar-refractivity contribution in [3.63, 3.8) is 0 Å². The highest BCUT2D eigenvalue weighted by molar-refractivity contribution is 5.93. The van der Waals surface area contributed by atoms with E-state index in [4.69, 9.17) is 14.8 Å². The molecule has 2 aromatic carbocycles. The van der Waals surface area contributed by atoms with Crippen molar-refractivity contribution < 1.29 is 14.4 Å². The maximum absolute atomic E-state index is 11.8. The molecule has 0 aliphatic rings. The van der Waals surface area contributed by atoms with Crippen LogP contribution >= 0.6 is 0 Å². The molecule has 0 fully saturated rings. The Hall–Kier alpha value is -3.33. The van der Waals surface area contributed by atoms with Crippen LogP contribution in [0.25, 0.3) is 0 Å². The zero-order chi connectivity index (χ0) is 16.5. The molecule has 0 atom stereocenters. The largest absolute Gasteiger partial charge is 0.496 e. The Bertz CT molecular complexity index is 751. The Morgan fingerprint density at radius 3 is 2.78 bits per heavy atom. The Kier molecular flexibility index (Phi) is 5.72. The van der Waals surface area contributed by atoms with Gasteiger partial charge in [-0.1, -0.05) is 29.4 Å². The Morgan fingerprint density at radius 2 is 2.00 bits per heavy atom. The molecule has 23 heavy (non-hydrogen) atoms. The van der Waals surface area contributed by atoms with Crippen LogP contribution in [0, 0.1) is 11.3 Å². The highest BCUT2D eigenvalue weighted by Crippen LogP contribution is 2.15. The minimum Gasteiger partial charge on any atom is -0.496 e. The Balaban J connectivity index is 1.88. The molecule has 1 amide bonds. The molecule has 116 valence electrons. The molecular formula is C17H15N3O3. The van der Waals surface area contributed by atoms with E-state index in [0.29, 0.717) is 17.0 Å². The summed E-state index contributed by atoms with van der Waals surface area (Å²) in [5.74, 6) is 0.261. The van der Waals surface area contributed by atoms with E-state index < -0.39 is 5.91 Å². The second kappa shape index (κ2) is 8.20. The average molecular weight is 309 g/mol. The molecule has 6 nitrogen and oxygen atoms in total. The van der Waals surface area contributed by atoms with Gasteiger partial charge in [-0.2, -0.15) is 5.26 Å². The van der Waals surface area contributed by atoms with Gasteiger partial charge in [-0.05, 0) is 24.3 Å². The van der Waals surface area contributed by atoms with Crippen molar-refractivity contribution in [2.75, 3.05) is 19.0 Å². The molecule has 2 rings (SSSR count). The zero-order valence-electron chi connectivity index (χ0n) is 12.5. The van der Waals surface area contributed by atoms with E-state index in [0.717, 1.165) is 5.56 Å². The third-order valence-electron chi connectivity index (χ3n) is 2.92. The molecule has 0 aliphatic carbocycles. The molecular weight excluding hydrogens is 294 g/mol. The maximum Gasteiger partial charge on any atom is 0.265 e. The Morgan fingerprint density at radius 1 is 1.26 bits per heavy atom. The highest BCUT2D eigenvalue weighted by Gasteiger charge is 2.06. The van der Waals surface area contributed by atoms with Gasteiger partial charge in [0.1, 0.15) is 11.8 Å². The quantitative estimate of drug-likeness (QED) is 0.656. The first-order valence-corrected chi connectivity index (χ1v) is 6.82. The fourth-order valence-corrected chi connectivity index (χ4v) is 1.84. The number of nitriles is 1. The van der Waals surface area contributed by atoms with Gasteiger partial charge in [-0.15, -0.1) is 0 Å². The van der Waals surface area contributed by atoms with Gasteiger partial charge in [-0.25, -0.2) is 0 Å². The lowest BCUT2D eigenvalue weighted by Crippen LogP contribution is -2.17. The van der Waals surface area contributed by atoms with Crippen LogP contribution in [0.1, 0.15) is 11.1 Å². The first kappa shape index (κ1) is 16.0. The molecule has 0 aliphatic heterocycles. The lowest BCUT2D eigenvalue weighted by molar-refractivity contribution is -0.120. The van der Waals surface area contributed by atoms with Crippen LogP contribution < -0.4 is 10.1 Å². The third-order valence-corrected chi connectivity index (χ3v) is 2.92. The van der Waals surface area contributed by atoms with Crippen molar-refractivity contribution in [2.45, 2.75) is 0 Å². The van der Waals surface area contributed by atoms with Crippen molar-refractivity contribution in [1.82, 2.24) is 0 Å². The van der Waals surface area contributed by atoms with E-state index in [2.05, 4.69) is 10.5 Å². The molecule has 6 heteroatoms. The third kappa shape index (κ3) is 4.58. The molecule has 0 aromatic heterocycles. The molecule has 0 spiro atoms. The number of amides is 1. The van der Waals surface area contributed by atoms with Crippen LogP contribution in [-0.4, -0.2) is 25.8 Å². The summed E-state index contributed by atoms with van der Waals surface area (Å²) in [6.07, 6.45) is 1.47. The SMILES string of the molecule is COc1ccccc1/C=N\OCC(=O)Nc1ccccc1C#N. The van der Waals surface area contributed by atoms with Crippen molar-refractivity contribution >= 4 is 17.8 Å². The summed E-state index contributed by atoms with van der Waals surface area (Å²) in [5, 5.41) is 15.3. The number of benzene rings is 2. The number of nitrogens with zero attached hydrogens (tertiary/aromatic N) is 2. The smallest absolute Gasteiger partial charge is 0.265 e. The van der Waals surface area contributed by atoms with E-state index in [9.17, 15) is 4.79 Å². The number of carbonyl (C=O) groups is 1. The predicted molar refractivity (Wildman–Crippen MR) is 86.3 cm³/mol. The van der Waals surface area contributed by atoms with Gasteiger partial charge in [0.15, 0.2) is 6.61 Å². The summed E-state index contributed by atoms with van der Waals surface area (Å²) >= 11 is 0. The van der Waals surface area contributed by atoms with Crippen LogP contribution in [0.4, 0.5) is 5.69 Å². The number of hydrogen-bond acceptors (Lipinski definition) is 5. The predicted octanol–water partition coefficient (Wildman–Crippen LogP) is 2.56. The number of ether oxygens (including phenoxy) is 1. The number of nitrogens with one attached hydrogen (secondary N) is 1. The molecule has 0 heterocycles. The van der Waals surface area contributed by atoms with Crippen molar-refractivity contribution in [3.05, 3.63) is 59.7 Å². The zero-order valence-corrected chi connectivity index (χ0v) is 12.5. The van der Waals surface area contributed by atoms with Crippen LogP contribution in [-0.2, 0) is 9.63 Å². The maximum atomic E-state index is 11.8. The van der Waals surface area contributed by atoms with Gasteiger partial charge in [0.25, 0.3) is 5.91 Å². The van der Waals surface area contributed by atoms with Crippen LogP contribution in [0.5, 0.6) is 5.75 Å². The van der Waals surface area contributed by atoms with Crippen molar-refractivity contribution in [3.8, 4) is 11.8 Å². The molecule has 0 saturated carbocycles. The van der Waals surface area contributed by atoms with Crippen LogP contribution in [0.3, 0.4) is 0 Å². The average Bonchev–Trinajstić information content (AvgIpc) is 2.59. The summed E-state index contributed by atoms with van der Waals surface area (Å²) < 4.78 is 5.17. The lowest BCUT2D eigenvalue weighted by atomic mass is 10.2. The van der Waals surface area contributed by atoms with Crippen molar-refractivity contribution in [2.24, 2.45) is 5.16 Å². The molecule has 0 unspecified atom stereocenters. The number of carbonyl (C=O) groups excluding carboxylic acids is 1. The standard InChI is InChI=1S/C17H15N3O3/c1-22-16-9-5-3-7-14(16)11-19-23-12-17(21)20-15-8-4-2-6-13(15)10-18/h2-9,11H,12H2,1H3,(H,20,21)/b19-11-. The summed E-state index contributed by atoms with van der Waals surface area (Å²) in [7, 11) is 1.56. The normalized spacial score (nSPS) is 10.1. The van der Waals surface area contributed by atoms with E-state index in [1.165, 1.54) is 6.21 Å². The number of hydrogen-bond donors (Lipinski definition) is 1. The molecule has 1 N–H and O–H groups in total. The van der Waals surface area contributed by atoms with E-state index in [1.807, 2.05) is 24.3 Å². The second-order valence-corrected chi connectivity index (χ2v) is 4.46. The fourth-order valence-electron chi connectivity index (χ4n) is 1.84. The Labute approximate surface area is 133 Å². The fraction of sp³-hybridized carbons (Fsp3) is 0.118. The van der Waals surface area contributed by atoms with Gasteiger partial charge in [-0.3, -0.25) is 4.79 Å². The first-order chi connectivity index (χ1) is 11.2. The summed E-state index contributed by atoms with van der Waals surface area (Å²) in [6, 6.07) is 16.0. The van der Waals surface area contributed by atoms with E-state index in [1.54, 1.807) is 37.4 Å². The summed E-state index contributed by atoms with van der Waals surface area (Å²) in [6.45, 7) is -0.259. The van der Waals surface area contributed by atoms with E-state index in [-0.39, 0.29) is 6.61 Å². The minimum atomic E-state index is -0.398. The molecule has 0 radical (unpaired) electrons. The topological polar surface area (TPSA) is 83.7 Å². The van der Waals surface area contributed by atoms with Crippen molar-refractivity contribution in [1.29, 1.82) is 5.26 Å². The number of oxime groups is 1. The van der Waals surface area contributed by atoms with Crippen LogP contribution in [0.2, 0.25) is 0 Å². The van der Waals surface area contributed by atoms with Gasteiger partial charge < -0.3 is 14.9 Å². The van der Waals surface area contributed by atoms with Gasteiger partial charge in [0.2, 0.25) is 0 Å². The monoisotopic (exact) mass is 309 g/mol. The lowest BCUT2D eigenvalue weighted by Gasteiger charge is -2.06. The van der Waals surface area contributed by atoms with Gasteiger partial charge in [0.05, 0.1) is 24.6 Å². The molecule has 0 saturated heterocycles. The highest BCUT2D eigenvalue weighted by atomic mass is 16.6. The van der Waals surface area contributed by atoms with Gasteiger partial charge >= 0.3 is 0 Å². The number of methoxy groups -OCH3 is 1. The molecule has 2 aromatic rings. The summed E-state index contributed by atoms with van der Waals surface area (Å²) in [4.78, 5) is 16.7. The van der Waals surface area contributed by atoms with Gasteiger partial charge in [0, 0.05) is 5.56 Å². The number of para-hydroxylation sites is 2. The second-order valence-electron chi connectivity index (χ2n) is 4.46. The number of anilines is 1. The van der Waals surface area contributed by atoms with Crippen LogP contribution in [0.15, 0.2) is 53.7 Å². The number of rotatable bonds is 6. The summed E-state index contributed by atoms with van der Waals surface area (Å²) in [5.41, 5.74) is 1.57. The minimum absolute atomic E-state index is 0.259. The van der Waals surface area contributed by atoms with E-state index >= 15 is 0 Å².